The van der Waals surface area contributed by atoms with Crippen molar-refractivity contribution in [2.24, 2.45) is 0 Å². The van der Waals surface area contributed by atoms with Crippen molar-refractivity contribution in [2.45, 2.75) is 90.5 Å². The lowest BCUT2D eigenvalue weighted by molar-refractivity contribution is -0.158. The summed E-state index contributed by atoms with van der Waals surface area (Å²) >= 11 is 0. The molecule has 2 amide bonds. The number of hydrogen-bond acceptors (Lipinski definition) is 8. The van der Waals surface area contributed by atoms with Gasteiger partial charge >= 0.3 is 12.1 Å². The maximum Gasteiger partial charge on any atom is 0.408 e. The highest BCUT2D eigenvalue weighted by Crippen LogP contribution is 2.24. The number of aryl methyl sites for hydroxylation is 1. The number of pyridine rings is 1. The monoisotopic (exact) mass is 769 g/mol. The van der Waals surface area contributed by atoms with E-state index in [2.05, 4.69) is 30.3 Å². The Morgan fingerprint density at radius 1 is 0.855 bits per heavy atom. The van der Waals surface area contributed by atoms with E-state index in [9.17, 15) is 19.2 Å². The predicted molar refractivity (Wildman–Crippen MR) is 217 cm³/mol. The molecule has 4 aromatic rings. The number of carbonyl (C=O) groups excluding carboxylic acids is 3. The molecule has 0 radical (unpaired) electrons. The summed E-state index contributed by atoms with van der Waals surface area (Å²) in [5, 5.41) is 5.49. The summed E-state index contributed by atoms with van der Waals surface area (Å²) in [6.07, 6.45) is 0.961. The topological polar surface area (TPSA) is 134 Å². The minimum Gasteiger partial charge on any atom is -0.497 e. The molecule has 0 fully saturated rings. The fraction of sp³-hybridized carbons (Fsp3) is 0.395. The Morgan fingerprint density at radius 2 is 1.51 bits per heavy atom. The molecule has 4 rings (SSSR count). The Hall–Kier alpha value is -5.20. The predicted octanol–water partition coefficient (Wildman–Crippen LogP) is 7.47. The summed E-state index contributed by atoms with van der Waals surface area (Å²) in [5.74, 6) is -0.927. The number of carbonyl (C=O) groups is 3. The summed E-state index contributed by atoms with van der Waals surface area (Å²) in [7, 11) is 0.257. The van der Waals surface area contributed by atoms with Crippen LogP contribution in [0.25, 0.3) is 0 Å². The van der Waals surface area contributed by atoms with Crippen molar-refractivity contribution in [2.75, 3.05) is 25.6 Å². The van der Waals surface area contributed by atoms with E-state index in [1.165, 1.54) is 4.57 Å². The first kappa shape index (κ1) is 42.5. The fourth-order valence-corrected chi connectivity index (χ4v) is 6.33. The van der Waals surface area contributed by atoms with Crippen LogP contribution in [0.5, 0.6) is 5.75 Å². The van der Waals surface area contributed by atoms with Gasteiger partial charge in [0.15, 0.2) is 0 Å². The second-order valence-corrected chi connectivity index (χ2v) is 21.4. The molecular weight excluding hydrogens is 715 g/mol. The average molecular weight is 770 g/mol. The highest BCUT2D eigenvalue weighted by Gasteiger charge is 2.28. The van der Waals surface area contributed by atoms with Crippen LogP contribution < -0.4 is 20.9 Å². The zero-order valence-electron chi connectivity index (χ0n) is 33.3. The van der Waals surface area contributed by atoms with Gasteiger partial charge in [0.2, 0.25) is 5.91 Å². The number of nitrogens with one attached hydrogen (secondary N) is 2. The van der Waals surface area contributed by atoms with Gasteiger partial charge in [-0.25, -0.2) is 4.79 Å². The van der Waals surface area contributed by atoms with Crippen molar-refractivity contribution < 1.29 is 33.3 Å². The van der Waals surface area contributed by atoms with Crippen LogP contribution in [0.3, 0.4) is 0 Å². The van der Waals surface area contributed by atoms with Gasteiger partial charge in [0, 0.05) is 27.3 Å². The van der Waals surface area contributed by atoms with Crippen LogP contribution in [-0.4, -0.2) is 62.6 Å². The molecule has 1 heterocycles. The molecule has 11 nitrogen and oxygen atoms in total. The van der Waals surface area contributed by atoms with E-state index in [1.54, 1.807) is 26.3 Å². The summed E-state index contributed by atoms with van der Waals surface area (Å²) < 4.78 is 24.0. The van der Waals surface area contributed by atoms with Gasteiger partial charge in [-0.3, -0.25) is 14.4 Å². The number of alkyl carbamates (subject to hydrolysis) is 1. The molecule has 294 valence electrons. The number of hydrogen-bond donors (Lipinski definition) is 2. The van der Waals surface area contributed by atoms with Crippen LogP contribution >= 0.6 is 0 Å². The van der Waals surface area contributed by atoms with Crippen LogP contribution in [-0.2, 0) is 43.4 Å². The van der Waals surface area contributed by atoms with Gasteiger partial charge in [0.25, 0.3) is 5.56 Å². The van der Waals surface area contributed by atoms with Gasteiger partial charge < -0.3 is 34.1 Å². The average Bonchev–Trinajstić information content (AvgIpc) is 3.13. The largest absolute Gasteiger partial charge is 0.497 e. The number of ether oxygens (including phenoxy) is 4. The summed E-state index contributed by atoms with van der Waals surface area (Å²) in [5.41, 5.74) is 2.69. The van der Waals surface area contributed by atoms with Crippen molar-refractivity contribution in [3.8, 4) is 5.75 Å². The number of benzene rings is 3. The van der Waals surface area contributed by atoms with Gasteiger partial charge in [0.05, 0.1) is 20.3 Å². The minimum atomic E-state index is -1.33. The van der Waals surface area contributed by atoms with Crippen LogP contribution in [0.4, 0.5) is 10.5 Å². The molecular formula is C43H55N3O8Si. The van der Waals surface area contributed by atoms with E-state index in [-0.39, 0.29) is 43.4 Å². The van der Waals surface area contributed by atoms with Crippen molar-refractivity contribution >= 4 is 31.7 Å². The Bertz CT molecular complexity index is 1930. The zero-order chi connectivity index (χ0) is 40.2. The summed E-state index contributed by atoms with van der Waals surface area (Å²) in [4.78, 5) is 54.0. The Kier molecular flexibility index (Phi) is 15.0. The summed E-state index contributed by atoms with van der Waals surface area (Å²) in [6.45, 7) is 15.0. The lowest BCUT2D eigenvalue weighted by Crippen LogP contribution is -2.46. The van der Waals surface area contributed by atoms with E-state index >= 15 is 0 Å². The maximum absolute atomic E-state index is 14.0. The molecule has 2 N–H and O–H groups in total. The number of aromatic nitrogens is 1. The van der Waals surface area contributed by atoms with Gasteiger partial charge in [-0.1, -0.05) is 86.4 Å². The third kappa shape index (κ3) is 13.9. The molecule has 2 atom stereocenters. The molecule has 3 aromatic carbocycles. The maximum atomic E-state index is 14.0. The number of rotatable bonds is 17. The Labute approximate surface area is 325 Å². The van der Waals surface area contributed by atoms with E-state index in [0.29, 0.717) is 29.0 Å². The second kappa shape index (κ2) is 19.4. The highest BCUT2D eigenvalue weighted by atomic mass is 28.3. The molecule has 0 bridgehead atoms. The van der Waals surface area contributed by atoms with Crippen molar-refractivity contribution in [1.29, 1.82) is 0 Å². The highest BCUT2D eigenvalue weighted by molar-refractivity contribution is 6.76. The molecule has 1 aromatic heterocycles. The molecule has 12 heteroatoms. The number of nitrogens with zero attached hydrogens (tertiary/aromatic N) is 1. The van der Waals surface area contributed by atoms with Crippen molar-refractivity contribution in [3.63, 3.8) is 0 Å². The van der Waals surface area contributed by atoms with Crippen LogP contribution in [0.1, 0.15) is 54.5 Å². The van der Waals surface area contributed by atoms with Crippen LogP contribution in [0.2, 0.25) is 25.7 Å². The van der Waals surface area contributed by atoms with E-state index in [1.807, 2.05) is 99.6 Å². The third-order valence-electron chi connectivity index (χ3n) is 8.75. The van der Waals surface area contributed by atoms with Crippen molar-refractivity contribution in [3.05, 3.63) is 129 Å². The number of methoxy groups -OCH3 is 1. The first-order chi connectivity index (χ1) is 26.0. The lowest BCUT2D eigenvalue weighted by atomic mass is 9.96. The minimum absolute atomic E-state index is 0.00956. The van der Waals surface area contributed by atoms with E-state index < -0.39 is 37.6 Å². The molecule has 0 spiro atoms. The Morgan fingerprint density at radius 3 is 2.13 bits per heavy atom. The van der Waals surface area contributed by atoms with Gasteiger partial charge in [0.1, 0.15) is 35.6 Å². The van der Waals surface area contributed by atoms with Gasteiger partial charge in [-0.05, 0) is 79.8 Å². The van der Waals surface area contributed by atoms with Gasteiger partial charge in [-0.2, -0.15) is 0 Å². The first-order valence-corrected chi connectivity index (χ1v) is 22.2. The SMILES string of the molecule is COc1ccc(Cn2ccc(C)c(NC(=O)C(Cc3ccc(C(COCC[Si](C)(C)C)C(=O)OC(C)(C)C)cc3)NC(=O)OCc3ccccc3)c2=O)cc1. The second-order valence-electron chi connectivity index (χ2n) is 15.8. The molecule has 0 saturated carbocycles. The molecule has 2 unspecified atom stereocenters. The Balaban J connectivity index is 1.56. The number of amides is 2. The first-order valence-electron chi connectivity index (χ1n) is 18.5. The fourth-order valence-electron chi connectivity index (χ4n) is 5.57. The third-order valence-corrected chi connectivity index (χ3v) is 10.5. The van der Waals surface area contributed by atoms with E-state index in [4.69, 9.17) is 18.9 Å². The molecule has 0 aliphatic rings. The lowest BCUT2D eigenvalue weighted by Gasteiger charge is -2.25. The molecule has 0 saturated heterocycles. The van der Waals surface area contributed by atoms with Gasteiger partial charge in [-0.15, -0.1) is 0 Å². The molecule has 55 heavy (non-hydrogen) atoms. The van der Waals surface area contributed by atoms with Crippen LogP contribution in [0.15, 0.2) is 95.9 Å². The normalized spacial score (nSPS) is 12.7. The number of esters is 1. The zero-order valence-corrected chi connectivity index (χ0v) is 34.3. The smallest absolute Gasteiger partial charge is 0.408 e. The van der Waals surface area contributed by atoms with E-state index in [0.717, 1.165) is 17.2 Å². The quantitative estimate of drug-likeness (QED) is 0.0642. The standard InChI is InChI=1S/C43H55N3O8Si/c1-30-22-23-46(27-32-16-20-35(51-5)21-17-32)40(48)38(30)45-39(47)37(44-42(50)53-28-33-12-10-9-11-13-33)26-31-14-18-34(19-15-31)36(41(49)54-43(2,3)4)29-52-24-25-55(6,7)8/h9-23,36-37H,24-29H2,1-8H3,(H,44,50)(H,45,47). The molecule has 0 aliphatic heterocycles. The molecule has 0 aliphatic carbocycles. The summed E-state index contributed by atoms with van der Waals surface area (Å²) in [6, 6.07) is 25.4. The van der Waals surface area contributed by atoms with Crippen LogP contribution in [0, 0.1) is 6.92 Å². The van der Waals surface area contributed by atoms with Crippen molar-refractivity contribution in [1.82, 2.24) is 9.88 Å². The number of anilines is 1.